The van der Waals surface area contributed by atoms with Crippen LogP contribution in [0, 0.1) is 11.3 Å². The molecule has 0 aliphatic heterocycles. The molecule has 0 aliphatic rings. The summed E-state index contributed by atoms with van der Waals surface area (Å²) in [5.74, 6) is -0.982. The van der Waals surface area contributed by atoms with E-state index in [1.54, 1.807) is 0 Å². The van der Waals surface area contributed by atoms with Gasteiger partial charge in [-0.25, -0.2) is 4.79 Å². The summed E-state index contributed by atoms with van der Waals surface area (Å²) in [7, 11) is 0. The molecule has 0 radical (unpaired) electrons. The third-order valence-corrected chi connectivity index (χ3v) is 4.25. The first-order valence-corrected chi connectivity index (χ1v) is 8.53. The normalized spacial score (nSPS) is 11.4. The van der Waals surface area contributed by atoms with Gasteiger partial charge in [0.1, 0.15) is 0 Å². The van der Waals surface area contributed by atoms with Crippen LogP contribution in [0.5, 0.6) is 0 Å². The molecule has 134 valence electrons. The molecule has 0 fully saturated rings. The lowest BCUT2D eigenvalue weighted by atomic mass is 10.00. The van der Waals surface area contributed by atoms with Crippen molar-refractivity contribution in [3.05, 3.63) is 83.4 Å². The number of carbonyl (C=O) groups is 2. The van der Waals surface area contributed by atoms with Gasteiger partial charge in [-0.05, 0) is 47.5 Å². The number of hydrogen-bond donors (Lipinski definition) is 1. The molecule has 1 amide bonds. The first kappa shape index (κ1) is 18.2. The Morgan fingerprint density at radius 3 is 2.48 bits per heavy atom. The third-order valence-electron chi connectivity index (χ3n) is 4.25. The number of nitrogens with zero attached hydrogens (tertiary/aromatic N) is 1. The predicted molar refractivity (Wildman–Crippen MR) is 102 cm³/mol. The van der Waals surface area contributed by atoms with Gasteiger partial charge < -0.3 is 10.1 Å². The minimum absolute atomic E-state index is 0.225. The van der Waals surface area contributed by atoms with E-state index in [-0.39, 0.29) is 18.6 Å². The van der Waals surface area contributed by atoms with Crippen molar-refractivity contribution in [1.29, 1.82) is 5.26 Å². The highest BCUT2D eigenvalue weighted by Gasteiger charge is 2.14. The average molecular weight is 358 g/mol. The zero-order valence-electron chi connectivity index (χ0n) is 14.8. The van der Waals surface area contributed by atoms with Crippen molar-refractivity contribution in [1.82, 2.24) is 5.32 Å². The fraction of sp³-hybridized carbons (Fsp3) is 0.136. The van der Waals surface area contributed by atoms with E-state index in [0.29, 0.717) is 11.1 Å². The second-order valence-corrected chi connectivity index (χ2v) is 6.12. The number of nitrogens with one attached hydrogen (secondary N) is 1. The predicted octanol–water partition coefficient (Wildman–Crippen LogP) is 3.75. The minimum atomic E-state index is -0.604. The highest BCUT2D eigenvalue weighted by Crippen LogP contribution is 2.23. The SMILES string of the molecule is C[C@@H](NC(=O)COC(=O)c1ccc(C#N)cc1)c1cccc2ccccc12. The Morgan fingerprint density at radius 1 is 1.04 bits per heavy atom. The van der Waals surface area contributed by atoms with E-state index in [0.717, 1.165) is 16.3 Å². The van der Waals surface area contributed by atoms with Crippen molar-refractivity contribution in [2.45, 2.75) is 13.0 Å². The van der Waals surface area contributed by atoms with Gasteiger partial charge >= 0.3 is 5.97 Å². The van der Waals surface area contributed by atoms with Gasteiger partial charge in [0.2, 0.25) is 0 Å². The smallest absolute Gasteiger partial charge is 0.338 e. The maximum absolute atomic E-state index is 12.2. The number of amides is 1. The van der Waals surface area contributed by atoms with Crippen LogP contribution in [-0.4, -0.2) is 18.5 Å². The zero-order chi connectivity index (χ0) is 19.2. The van der Waals surface area contributed by atoms with Gasteiger partial charge in [-0.15, -0.1) is 0 Å². The van der Waals surface area contributed by atoms with Crippen molar-refractivity contribution in [3.63, 3.8) is 0 Å². The van der Waals surface area contributed by atoms with E-state index in [1.807, 2.05) is 55.5 Å². The van der Waals surface area contributed by atoms with Crippen LogP contribution in [0.25, 0.3) is 10.8 Å². The van der Waals surface area contributed by atoms with Gasteiger partial charge in [0, 0.05) is 0 Å². The largest absolute Gasteiger partial charge is 0.452 e. The molecule has 0 aromatic heterocycles. The highest BCUT2D eigenvalue weighted by molar-refractivity contribution is 5.91. The van der Waals surface area contributed by atoms with Crippen LogP contribution in [0.3, 0.4) is 0 Å². The van der Waals surface area contributed by atoms with Gasteiger partial charge in [-0.2, -0.15) is 5.26 Å². The summed E-state index contributed by atoms with van der Waals surface area (Å²) in [6, 6.07) is 21.7. The molecular weight excluding hydrogens is 340 g/mol. The van der Waals surface area contributed by atoms with E-state index in [4.69, 9.17) is 10.00 Å². The summed E-state index contributed by atoms with van der Waals surface area (Å²) in [6.45, 7) is 1.52. The molecule has 3 rings (SSSR count). The summed E-state index contributed by atoms with van der Waals surface area (Å²) < 4.78 is 5.05. The van der Waals surface area contributed by atoms with Crippen molar-refractivity contribution in [2.75, 3.05) is 6.61 Å². The molecule has 1 atom stereocenters. The van der Waals surface area contributed by atoms with Crippen LogP contribution in [0.15, 0.2) is 66.7 Å². The number of hydrogen-bond acceptors (Lipinski definition) is 4. The second-order valence-electron chi connectivity index (χ2n) is 6.12. The summed E-state index contributed by atoms with van der Waals surface area (Å²) in [4.78, 5) is 24.2. The number of benzene rings is 3. The molecule has 0 aliphatic carbocycles. The lowest BCUT2D eigenvalue weighted by molar-refractivity contribution is -0.124. The third kappa shape index (κ3) is 4.31. The Balaban J connectivity index is 1.60. The van der Waals surface area contributed by atoms with Crippen LogP contribution in [0.1, 0.15) is 34.5 Å². The van der Waals surface area contributed by atoms with Crippen LogP contribution >= 0.6 is 0 Å². The number of esters is 1. The molecule has 0 unspecified atom stereocenters. The van der Waals surface area contributed by atoms with Crippen LogP contribution in [-0.2, 0) is 9.53 Å². The van der Waals surface area contributed by atoms with E-state index in [2.05, 4.69) is 5.32 Å². The summed E-state index contributed by atoms with van der Waals surface area (Å²) >= 11 is 0. The number of rotatable bonds is 5. The first-order chi connectivity index (χ1) is 13.1. The standard InChI is InChI=1S/C22H18N2O3/c1-15(19-8-4-6-17-5-2-3-7-20(17)19)24-21(25)14-27-22(26)18-11-9-16(13-23)10-12-18/h2-12,15H,14H2,1H3,(H,24,25)/t15-/m1/s1. The summed E-state index contributed by atoms with van der Waals surface area (Å²) in [6.07, 6.45) is 0. The number of nitriles is 1. The van der Waals surface area contributed by atoms with E-state index in [9.17, 15) is 9.59 Å². The van der Waals surface area contributed by atoms with Crippen molar-refractivity contribution in [2.24, 2.45) is 0 Å². The average Bonchev–Trinajstić information content (AvgIpc) is 2.71. The first-order valence-electron chi connectivity index (χ1n) is 8.53. The minimum Gasteiger partial charge on any atom is -0.452 e. The Bertz CT molecular complexity index is 1010. The Kier molecular flexibility index (Phi) is 5.48. The molecule has 1 N–H and O–H groups in total. The molecule has 3 aromatic rings. The molecule has 5 nitrogen and oxygen atoms in total. The molecule has 0 heterocycles. The van der Waals surface area contributed by atoms with Gasteiger partial charge in [-0.3, -0.25) is 4.79 Å². The van der Waals surface area contributed by atoms with Crippen molar-refractivity contribution in [3.8, 4) is 6.07 Å². The van der Waals surface area contributed by atoms with Crippen LogP contribution in [0.2, 0.25) is 0 Å². The van der Waals surface area contributed by atoms with Crippen molar-refractivity contribution < 1.29 is 14.3 Å². The molecule has 0 spiro atoms. The molecule has 0 bridgehead atoms. The maximum atomic E-state index is 12.2. The van der Waals surface area contributed by atoms with Gasteiger partial charge in [0.25, 0.3) is 5.91 Å². The Morgan fingerprint density at radius 2 is 1.74 bits per heavy atom. The van der Waals surface area contributed by atoms with Crippen molar-refractivity contribution >= 4 is 22.6 Å². The molecule has 5 heteroatoms. The molecule has 27 heavy (non-hydrogen) atoms. The number of carbonyl (C=O) groups excluding carboxylic acids is 2. The quantitative estimate of drug-likeness (QED) is 0.705. The van der Waals surface area contributed by atoms with Gasteiger partial charge in [-0.1, -0.05) is 42.5 Å². The lowest BCUT2D eigenvalue weighted by Crippen LogP contribution is -2.31. The fourth-order valence-electron chi connectivity index (χ4n) is 2.88. The van der Waals surface area contributed by atoms with Gasteiger partial charge in [0.15, 0.2) is 6.61 Å². The fourth-order valence-corrected chi connectivity index (χ4v) is 2.88. The maximum Gasteiger partial charge on any atom is 0.338 e. The van der Waals surface area contributed by atoms with E-state index < -0.39 is 5.97 Å². The summed E-state index contributed by atoms with van der Waals surface area (Å²) in [5, 5.41) is 13.8. The molecule has 0 saturated carbocycles. The zero-order valence-corrected chi connectivity index (χ0v) is 14.8. The highest BCUT2D eigenvalue weighted by atomic mass is 16.5. The Labute approximate surface area is 157 Å². The summed E-state index contributed by atoms with van der Waals surface area (Å²) in [5.41, 5.74) is 1.75. The second kappa shape index (κ2) is 8.15. The van der Waals surface area contributed by atoms with Gasteiger partial charge in [0.05, 0.1) is 23.2 Å². The lowest BCUT2D eigenvalue weighted by Gasteiger charge is -2.16. The van der Waals surface area contributed by atoms with Crippen LogP contribution < -0.4 is 5.32 Å². The van der Waals surface area contributed by atoms with E-state index >= 15 is 0 Å². The number of fused-ring (bicyclic) bond motifs is 1. The Hall–Kier alpha value is -3.65. The van der Waals surface area contributed by atoms with Crippen LogP contribution in [0.4, 0.5) is 0 Å². The monoisotopic (exact) mass is 358 g/mol. The topological polar surface area (TPSA) is 79.2 Å². The number of ether oxygens (including phenoxy) is 1. The molecule has 0 saturated heterocycles. The van der Waals surface area contributed by atoms with E-state index in [1.165, 1.54) is 24.3 Å². The molecule has 3 aromatic carbocycles. The molecular formula is C22H18N2O3.